The van der Waals surface area contributed by atoms with Crippen LogP contribution in [-0.2, 0) is 24.3 Å². The van der Waals surface area contributed by atoms with Gasteiger partial charge in [0.15, 0.2) is 0 Å². The molecular formula is C20H23N3O2. The van der Waals surface area contributed by atoms with E-state index in [9.17, 15) is 4.79 Å². The van der Waals surface area contributed by atoms with E-state index in [1.807, 2.05) is 41.1 Å². The SMILES string of the molecule is CCCn1nc(CNC(=O)Cc2ccc(OC)cc2)c2ccccc21. The molecule has 1 heterocycles. The van der Waals surface area contributed by atoms with Crippen molar-refractivity contribution in [1.82, 2.24) is 15.1 Å². The first-order valence-electron chi connectivity index (χ1n) is 8.55. The van der Waals surface area contributed by atoms with Crippen LogP contribution in [0, 0.1) is 0 Å². The number of nitrogens with one attached hydrogen (secondary N) is 1. The Kier molecular flexibility index (Phi) is 5.33. The van der Waals surface area contributed by atoms with E-state index < -0.39 is 0 Å². The highest BCUT2D eigenvalue weighted by Crippen LogP contribution is 2.18. The normalized spacial score (nSPS) is 10.8. The zero-order valence-corrected chi connectivity index (χ0v) is 14.7. The first-order chi connectivity index (χ1) is 12.2. The van der Waals surface area contributed by atoms with E-state index in [1.165, 1.54) is 0 Å². The fraction of sp³-hybridized carbons (Fsp3) is 0.300. The molecule has 0 fully saturated rings. The highest BCUT2D eigenvalue weighted by molar-refractivity contribution is 5.83. The van der Waals surface area contributed by atoms with Crippen molar-refractivity contribution in [3.8, 4) is 5.75 Å². The Bertz CT molecular complexity index is 853. The Balaban J connectivity index is 1.66. The minimum Gasteiger partial charge on any atom is -0.497 e. The first kappa shape index (κ1) is 17.0. The quantitative estimate of drug-likeness (QED) is 0.719. The second-order valence-corrected chi connectivity index (χ2v) is 5.99. The van der Waals surface area contributed by atoms with Crippen molar-refractivity contribution in [3.05, 3.63) is 59.8 Å². The largest absolute Gasteiger partial charge is 0.497 e. The van der Waals surface area contributed by atoms with Crippen molar-refractivity contribution in [2.24, 2.45) is 0 Å². The molecule has 0 aliphatic rings. The van der Waals surface area contributed by atoms with Gasteiger partial charge in [0.2, 0.25) is 5.91 Å². The molecule has 5 nitrogen and oxygen atoms in total. The highest BCUT2D eigenvalue weighted by atomic mass is 16.5. The molecule has 0 radical (unpaired) electrons. The van der Waals surface area contributed by atoms with Crippen LogP contribution >= 0.6 is 0 Å². The molecule has 2 aromatic carbocycles. The van der Waals surface area contributed by atoms with Gasteiger partial charge in [-0.05, 0) is 30.2 Å². The van der Waals surface area contributed by atoms with Crippen LogP contribution in [0.2, 0.25) is 0 Å². The number of nitrogens with zero attached hydrogens (tertiary/aromatic N) is 2. The number of benzene rings is 2. The monoisotopic (exact) mass is 337 g/mol. The number of ether oxygens (including phenoxy) is 1. The van der Waals surface area contributed by atoms with E-state index in [0.29, 0.717) is 13.0 Å². The lowest BCUT2D eigenvalue weighted by molar-refractivity contribution is -0.120. The molecule has 0 saturated heterocycles. The molecular weight excluding hydrogens is 314 g/mol. The summed E-state index contributed by atoms with van der Waals surface area (Å²) >= 11 is 0. The maximum Gasteiger partial charge on any atom is 0.224 e. The summed E-state index contributed by atoms with van der Waals surface area (Å²) in [4.78, 5) is 12.2. The number of rotatable bonds is 7. The molecule has 1 N–H and O–H groups in total. The molecule has 0 aliphatic carbocycles. The second kappa shape index (κ2) is 7.83. The summed E-state index contributed by atoms with van der Waals surface area (Å²) in [7, 11) is 1.63. The predicted molar refractivity (Wildman–Crippen MR) is 98.6 cm³/mol. The van der Waals surface area contributed by atoms with Crippen LogP contribution in [0.15, 0.2) is 48.5 Å². The van der Waals surface area contributed by atoms with Crippen LogP contribution in [-0.4, -0.2) is 22.8 Å². The summed E-state index contributed by atoms with van der Waals surface area (Å²) in [6.07, 6.45) is 1.37. The number of para-hydroxylation sites is 1. The van der Waals surface area contributed by atoms with Crippen molar-refractivity contribution in [2.45, 2.75) is 32.9 Å². The molecule has 3 aromatic rings. The zero-order chi connectivity index (χ0) is 17.6. The number of hydrogen-bond donors (Lipinski definition) is 1. The minimum absolute atomic E-state index is 0.0145. The van der Waals surface area contributed by atoms with Gasteiger partial charge in [0.1, 0.15) is 5.75 Å². The number of carbonyl (C=O) groups excluding carboxylic acids is 1. The number of methoxy groups -OCH3 is 1. The van der Waals surface area contributed by atoms with Crippen LogP contribution in [0.3, 0.4) is 0 Å². The van der Waals surface area contributed by atoms with Gasteiger partial charge in [-0.25, -0.2) is 0 Å². The van der Waals surface area contributed by atoms with E-state index in [2.05, 4.69) is 29.5 Å². The lowest BCUT2D eigenvalue weighted by Crippen LogP contribution is -2.25. The lowest BCUT2D eigenvalue weighted by Gasteiger charge is -2.05. The predicted octanol–water partition coefficient (Wildman–Crippen LogP) is 3.31. The molecule has 25 heavy (non-hydrogen) atoms. The summed E-state index contributed by atoms with van der Waals surface area (Å²) < 4.78 is 7.15. The van der Waals surface area contributed by atoms with Gasteiger partial charge in [-0.1, -0.05) is 37.3 Å². The van der Waals surface area contributed by atoms with Crippen molar-refractivity contribution >= 4 is 16.8 Å². The van der Waals surface area contributed by atoms with Gasteiger partial charge in [0, 0.05) is 11.9 Å². The smallest absolute Gasteiger partial charge is 0.224 e. The van der Waals surface area contributed by atoms with E-state index >= 15 is 0 Å². The second-order valence-electron chi connectivity index (χ2n) is 5.99. The summed E-state index contributed by atoms with van der Waals surface area (Å²) in [5.74, 6) is 0.774. The van der Waals surface area contributed by atoms with Crippen LogP contribution in [0.25, 0.3) is 10.9 Å². The fourth-order valence-electron chi connectivity index (χ4n) is 2.88. The topological polar surface area (TPSA) is 56.2 Å². The Hall–Kier alpha value is -2.82. The van der Waals surface area contributed by atoms with Gasteiger partial charge >= 0.3 is 0 Å². The first-order valence-corrected chi connectivity index (χ1v) is 8.55. The standard InChI is InChI=1S/C20H23N3O2/c1-3-12-23-19-7-5-4-6-17(19)18(22-23)14-21-20(24)13-15-8-10-16(25-2)11-9-15/h4-11H,3,12-14H2,1-2H3,(H,21,24). The highest BCUT2D eigenvalue weighted by Gasteiger charge is 2.11. The van der Waals surface area contributed by atoms with Crippen molar-refractivity contribution in [2.75, 3.05) is 7.11 Å². The summed E-state index contributed by atoms with van der Waals surface area (Å²) in [6.45, 7) is 3.44. The molecule has 0 spiro atoms. The van der Waals surface area contributed by atoms with Gasteiger partial charge in [-0.15, -0.1) is 0 Å². The summed E-state index contributed by atoms with van der Waals surface area (Å²) in [5, 5.41) is 8.74. The molecule has 0 unspecified atom stereocenters. The Morgan fingerprint density at radius 1 is 1.16 bits per heavy atom. The van der Waals surface area contributed by atoms with Gasteiger partial charge < -0.3 is 10.1 Å². The third-order valence-corrected chi connectivity index (χ3v) is 4.15. The molecule has 0 saturated carbocycles. The van der Waals surface area contributed by atoms with E-state index in [-0.39, 0.29) is 5.91 Å². The third kappa shape index (κ3) is 3.99. The maximum absolute atomic E-state index is 12.2. The minimum atomic E-state index is -0.0145. The number of carbonyl (C=O) groups is 1. The molecule has 1 amide bonds. The fourth-order valence-corrected chi connectivity index (χ4v) is 2.88. The number of aryl methyl sites for hydroxylation is 1. The Morgan fingerprint density at radius 2 is 1.92 bits per heavy atom. The van der Waals surface area contributed by atoms with Crippen molar-refractivity contribution in [3.63, 3.8) is 0 Å². The van der Waals surface area contributed by atoms with Crippen molar-refractivity contribution < 1.29 is 9.53 Å². The Labute approximate surface area is 147 Å². The number of amides is 1. The molecule has 130 valence electrons. The molecule has 0 aliphatic heterocycles. The third-order valence-electron chi connectivity index (χ3n) is 4.15. The van der Waals surface area contributed by atoms with Crippen LogP contribution in [0.5, 0.6) is 5.75 Å². The van der Waals surface area contributed by atoms with Gasteiger partial charge in [0.25, 0.3) is 0 Å². The molecule has 0 atom stereocenters. The number of fused-ring (bicyclic) bond motifs is 1. The summed E-state index contributed by atoms with van der Waals surface area (Å²) in [5.41, 5.74) is 2.98. The lowest BCUT2D eigenvalue weighted by atomic mass is 10.1. The van der Waals surface area contributed by atoms with Gasteiger partial charge in [0.05, 0.1) is 31.3 Å². The number of hydrogen-bond acceptors (Lipinski definition) is 3. The van der Waals surface area contributed by atoms with Crippen LogP contribution < -0.4 is 10.1 Å². The molecule has 5 heteroatoms. The maximum atomic E-state index is 12.2. The molecule has 0 bridgehead atoms. The summed E-state index contributed by atoms with van der Waals surface area (Å²) in [6, 6.07) is 15.7. The molecule has 3 rings (SSSR count). The van der Waals surface area contributed by atoms with E-state index in [4.69, 9.17) is 4.74 Å². The Morgan fingerprint density at radius 3 is 2.64 bits per heavy atom. The average molecular weight is 337 g/mol. The van der Waals surface area contributed by atoms with Gasteiger partial charge in [-0.3, -0.25) is 9.48 Å². The molecule has 1 aromatic heterocycles. The van der Waals surface area contributed by atoms with Crippen LogP contribution in [0.1, 0.15) is 24.6 Å². The van der Waals surface area contributed by atoms with E-state index in [1.54, 1.807) is 7.11 Å². The van der Waals surface area contributed by atoms with E-state index in [0.717, 1.165) is 40.9 Å². The zero-order valence-electron chi connectivity index (χ0n) is 14.7. The van der Waals surface area contributed by atoms with Gasteiger partial charge in [-0.2, -0.15) is 5.10 Å². The van der Waals surface area contributed by atoms with Crippen molar-refractivity contribution in [1.29, 1.82) is 0 Å². The van der Waals surface area contributed by atoms with Crippen LogP contribution in [0.4, 0.5) is 0 Å². The number of aromatic nitrogens is 2. The average Bonchev–Trinajstić information content (AvgIpc) is 2.99.